The molecule has 1 atom stereocenters. The molecule has 0 radical (unpaired) electrons. The molecule has 0 aliphatic carbocycles. The zero-order valence-corrected chi connectivity index (χ0v) is 24.1. The number of carbonyl (C=O) groups is 2. The summed E-state index contributed by atoms with van der Waals surface area (Å²) in [6.07, 6.45) is 0.998. The van der Waals surface area contributed by atoms with Crippen molar-refractivity contribution in [3.05, 3.63) is 112 Å². The van der Waals surface area contributed by atoms with Crippen LogP contribution in [0.1, 0.15) is 76.5 Å². The summed E-state index contributed by atoms with van der Waals surface area (Å²) in [5.41, 5.74) is 6.79. The highest BCUT2D eigenvalue weighted by atomic mass is 16.5. The molecule has 0 spiro atoms. The maximum atomic E-state index is 13.8. The van der Waals surface area contributed by atoms with Gasteiger partial charge >= 0.3 is 5.97 Å². The molecule has 208 valence electrons. The summed E-state index contributed by atoms with van der Waals surface area (Å²) in [5.74, 6) is -0.181. The predicted octanol–water partition coefficient (Wildman–Crippen LogP) is 7.88. The monoisotopic (exact) mass is 537 g/mol. The Kier molecular flexibility index (Phi) is 9.26. The molecule has 4 aromatic rings. The van der Waals surface area contributed by atoms with Crippen molar-refractivity contribution >= 4 is 22.6 Å². The molecular formula is C35H39NO4. The first-order chi connectivity index (χ1) is 19.1. The first-order valence-corrected chi connectivity index (χ1v) is 13.9. The van der Waals surface area contributed by atoms with Crippen LogP contribution in [0.2, 0.25) is 0 Å². The van der Waals surface area contributed by atoms with E-state index in [1.165, 1.54) is 10.9 Å². The van der Waals surface area contributed by atoms with Gasteiger partial charge in [-0.3, -0.25) is 9.59 Å². The number of ether oxygens (including phenoxy) is 1. The number of hydrogen-bond donors (Lipinski definition) is 2. The van der Waals surface area contributed by atoms with E-state index in [-0.39, 0.29) is 24.8 Å². The molecule has 0 aliphatic heterocycles. The maximum absolute atomic E-state index is 13.8. The first-order valence-electron chi connectivity index (χ1n) is 13.9. The van der Waals surface area contributed by atoms with Gasteiger partial charge in [-0.15, -0.1) is 0 Å². The second-order valence-corrected chi connectivity index (χ2v) is 11.2. The van der Waals surface area contributed by atoms with Crippen LogP contribution in [0, 0.1) is 26.7 Å². The summed E-state index contributed by atoms with van der Waals surface area (Å²) in [5, 5.41) is 14.9. The fraction of sp³-hybridized carbons (Fsp3) is 0.314. The molecule has 1 amide bonds. The zero-order chi connectivity index (χ0) is 28.8. The smallest absolute Gasteiger partial charge is 0.303 e. The van der Waals surface area contributed by atoms with Crippen LogP contribution in [0.15, 0.2) is 72.8 Å². The number of carbonyl (C=O) groups excluding carboxylic acids is 1. The van der Waals surface area contributed by atoms with Gasteiger partial charge in [0, 0.05) is 12.0 Å². The molecule has 2 N–H and O–H groups in total. The minimum atomic E-state index is -0.897. The van der Waals surface area contributed by atoms with Crippen molar-refractivity contribution in [2.45, 2.75) is 66.5 Å². The average Bonchev–Trinajstić information content (AvgIpc) is 2.90. The Balaban J connectivity index is 1.62. The van der Waals surface area contributed by atoms with Crippen LogP contribution in [0.5, 0.6) is 5.75 Å². The number of carboxylic acids is 1. The second-order valence-electron chi connectivity index (χ2n) is 11.2. The fourth-order valence-electron chi connectivity index (χ4n) is 5.31. The van der Waals surface area contributed by atoms with E-state index in [2.05, 4.69) is 82.4 Å². The summed E-state index contributed by atoms with van der Waals surface area (Å²) >= 11 is 0. The largest absolute Gasteiger partial charge is 0.489 e. The predicted molar refractivity (Wildman–Crippen MR) is 161 cm³/mol. The molecule has 0 heterocycles. The third-order valence-corrected chi connectivity index (χ3v) is 7.22. The van der Waals surface area contributed by atoms with Crippen LogP contribution >= 0.6 is 0 Å². The maximum Gasteiger partial charge on any atom is 0.303 e. The van der Waals surface area contributed by atoms with Crippen LogP contribution in [0.4, 0.5) is 0 Å². The van der Waals surface area contributed by atoms with Gasteiger partial charge in [-0.05, 0) is 84.7 Å². The number of aryl methyl sites for hydroxylation is 4. The second kappa shape index (κ2) is 12.8. The molecule has 0 aromatic heterocycles. The number of benzene rings is 4. The number of aliphatic carboxylic acids is 1. The third kappa shape index (κ3) is 7.29. The Bertz CT molecular complexity index is 1500. The van der Waals surface area contributed by atoms with Crippen molar-refractivity contribution in [1.29, 1.82) is 0 Å². The number of rotatable bonds is 11. The van der Waals surface area contributed by atoms with Crippen LogP contribution in [-0.2, 0) is 17.8 Å². The van der Waals surface area contributed by atoms with Gasteiger partial charge in [-0.1, -0.05) is 85.6 Å². The molecule has 5 nitrogen and oxygen atoms in total. The van der Waals surface area contributed by atoms with E-state index in [1.54, 1.807) is 6.07 Å². The topological polar surface area (TPSA) is 75.6 Å². The molecule has 5 heteroatoms. The lowest BCUT2D eigenvalue weighted by molar-refractivity contribution is -0.136. The SMILES string of the molecule is Cc1cc(C)cc(C(CC(C)C)NC(=O)c2cc(OCc3ccc(C)c4ccccc34)ccc2CCC(=O)O)c1. The molecule has 1 unspecified atom stereocenters. The quantitative estimate of drug-likeness (QED) is 0.204. The van der Waals surface area contributed by atoms with E-state index in [0.717, 1.165) is 34.1 Å². The Labute approximate surface area is 237 Å². The average molecular weight is 538 g/mol. The third-order valence-electron chi connectivity index (χ3n) is 7.22. The summed E-state index contributed by atoms with van der Waals surface area (Å²) in [6.45, 7) is 10.9. The molecular weight excluding hydrogens is 498 g/mol. The van der Waals surface area contributed by atoms with Crippen LogP contribution in [0.3, 0.4) is 0 Å². The van der Waals surface area contributed by atoms with Crippen LogP contribution < -0.4 is 10.1 Å². The zero-order valence-electron chi connectivity index (χ0n) is 24.1. The van der Waals surface area contributed by atoms with Crippen LogP contribution in [-0.4, -0.2) is 17.0 Å². The molecule has 4 rings (SSSR count). The summed E-state index contributed by atoms with van der Waals surface area (Å²) in [7, 11) is 0. The fourth-order valence-corrected chi connectivity index (χ4v) is 5.31. The van der Waals surface area contributed by atoms with Crippen molar-refractivity contribution in [1.82, 2.24) is 5.32 Å². The van der Waals surface area contributed by atoms with Gasteiger partial charge in [-0.25, -0.2) is 0 Å². The van der Waals surface area contributed by atoms with Crippen LogP contribution in [0.25, 0.3) is 10.8 Å². The lowest BCUT2D eigenvalue weighted by atomic mass is 9.93. The van der Waals surface area contributed by atoms with Crippen molar-refractivity contribution < 1.29 is 19.4 Å². The summed E-state index contributed by atoms with van der Waals surface area (Å²) in [6, 6.07) is 24.0. The summed E-state index contributed by atoms with van der Waals surface area (Å²) < 4.78 is 6.20. The van der Waals surface area contributed by atoms with Crippen molar-refractivity contribution in [3.8, 4) is 5.75 Å². The van der Waals surface area contributed by atoms with Gasteiger partial charge in [0.25, 0.3) is 5.91 Å². The molecule has 0 aliphatic rings. The molecule has 0 saturated carbocycles. The highest BCUT2D eigenvalue weighted by Crippen LogP contribution is 2.28. The van der Waals surface area contributed by atoms with Crippen molar-refractivity contribution in [3.63, 3.8) is 0 Å². The van der Waals surface area contributed by atoms with E-state index in [0.29, 0.717) is 29.4 Å². The number of fused-ring (bicyclic) bond motifs is 1. The number of nitrogens with one attached hydrogen (secondary N) is 1. The molecule has 4 aromatic carbocycles. The van der Waals surface area contributed by atoms with Gasteiger partial charge < -0.3 is 15.2 Å². The van der Waals surface area contributed by atoms with Gasteiger partial charge in [0.05, 0.1) is 6.04 Å². The van der Waals surface area contributed by atoms with Gasteiger partial charge in [0.2, 0.25) is 0 Å². The van der Waals surface area contributed by atoms with E-state index in [4.69, 9.17) is 4.74 Å². The Morgan fingerprint density at radius 2 is 1.52 bits per heavy atom. The standard InChI is InChI=1S/C35H39NO4/c1-22(2)16-33(28-18-23(3)17-24(4)19-28)36-35(39)32-20-29(14-12-26(32)13-15-34(37)38)40-21-27-11-10-25(5)30-8-6-7-9-31(27)30/h6-12,14,17-20,22,33H,13,15-16,21H2,1-5H3,(H,36,39)(H,37,38). The normalized spacial score (nSPS) is 11.9. The summed E-state index contributed by atoms with van der Waals surface area (Å²) in [4.78, 5) is 25.1. The number of carboxylic acid groups (broad SMARTS) is 1. The number of hydrogen-bond acceptors (Lipinski definition) is 3. The molecule has 0 bridgehead atoms. The van der Waals surface area contributed by atoms with E-state index < -0.39 is 5.97 Å². The van der Waals surface area contributed by atoms with Gasteiger partial charge in [0.1, 0.15) is 12.4 Å². The Morgan fingerprint density at radius 1 is 0.850 bits per heavy atom. The highest BCUT2D eigenvalue weighted by molar-refractivity contribution is 5.96. The van der Waals surface area contributed by atoms with E-state index in [1.807, 2.05) is 24.3 Å². The lowest BCUT2D eigenvalue weighted by Gasteiger charge is -2.23. The lowest BCUT2D eigenvalue weighted by Crippen LogP contribution is -2.30. The Morgan fingerprint density at radius 3 is 2.20 bits per heavy atom. The minimum absolute atomic E-state index is 0.0532. The first kappa shape index (κ1) is 28.9. The van der Waals surface area contributed by atoms with Crippen molar-refractivity contribution in [2.24, 2.45) is 5.92 Å². The van der Waals surface area contributed by atoms with E-state index in [9.17, 15) is 14.7 Å². The molecule has 40 heavy (non-hydrogen) atoms. The van der Waals surface area contributed by atoms with E-state index >= 15 is 0 Å². The van der Waals surface area contributed by atoms with Gasteiger partial charge in [0.15, 0.2) is 0 Å². The molecule has 0 fully saturated rings. The minimum Gasteiger partial charge on any atom is -0.489 e. The van der Waals surface area contributed by atoms with Crippen molar-refractivity contribution in [2.75, 3.05) is 0 Å². The highest BCUT2D eigenvalue weighted by Gasteiger charge is 2.21. The Hall–Kier alpha value is -4.12. The number of amides is 1. The molecule has 0 saturated heterocycles. The van der Waals surface area contributed by atoms with Gasteiger partial charge in [-0.2, -0.15) is 0 Å².